The molecule has 0 aromatic heterocycles. The zero-order valence-electron chi connectivity index (χ0n) is 14.7. The van der Waals surface area contributed by atoms with Crippen molar-refractivity contribution >= 4 is 40.0 Å². The fraction of sp³-hybridized carbons (Fsp3) is 0.500. The van der Waals surface area contributed by atoms with Gasteiger partial charge in [0.25, 0.3) is 0 Å². The molecule has 0 spiro atoms. The molecule has 0 bridgehead atoms. The predicted octanol–water partition coefficient (Wildman–Crippen LogP) is 3.78. The van der Waals surface area contributed by atoms with Crippen LogP contribution in [0.2, 0.25) is 0 Å². The van der Waals surface area contributed by atoms with Crippen LogP contribution in [-0.2, 0) is 15.0 Å². The average Bonchev–Trinajstić information content (AvgIpc) is 3.03. The van der Waals surface area contributed by atoms with Crippen LogP contribution in [-0.4, -0.2) is 32.8 Å². The number of hydrogen-bond acceptors (Lipinski definition) is 3. The van der Waals surface area contributed by atoms with Crippen molar-refractivity contribution in [1.29, 1.82) is 0 Å². The van der Waals surface area contributed by atoms with Crippen LogP contribution in [0.25, 0.3) is 0 Å². The standard InChI is InChI=1S/C20H23IN2O2/c1-3-6-18(21)22-12-11-19-13-15(25)9-10-20(19,22)23(14(2)24)17-8-5-4-7-16(17)19/h3-8,18H,9-13H2,1-2H3/b6-3+/t18?,19-,20-/m1/s1. The zero-order chi connectivity index (χ0) is 17.8. The first kappa shape index (κ1) is 17.2. The minimum Gasteiger partial charge on any atom is -0.300 e. The fourth-order valence-corrected chi connectivity index (χ4v) is 6.67. The van der Waals surface area contributed by atoms with E-state index in [1.165, 1.54) is 5.56 Å². The number of carbonyl (C=O) groups excluding carboxylic acids is 2. The smallest absolute Gasteiger partial charge is 0.225 e. The summed E-state index contributed by atoms with van der Waals surface area (Å²) >= 11 is 2.45. The van der Waals surface area contributed by atoms with E-state index in [1.807, 2.05) is 30.0 Å². The molecular weight excluding hydrogens is 427 g/mol. The normalized spacial score (nSPS) is 32.6. The van der Waals surface area contributed by atoms with Gasteiger partial charge in [0.1, 0.15) is 11.4 Å². The molecule has 2 fully saturated rings. The van der Waals surface area contributed by atoms with Crippen molar-refractivity contribution in [2.45, 2.75) is 54.7 Å². The molecule has 1 saturated carbocycles. The lowest BCUT2D eigenvalue weighted by Gasteiger charge is -2.53. The summed E-state index contributed by atoms with van der Waals surface area (Å²) in [6, 6.07) is 8.21. The number of nitrogens with zero attached hydrogens (tertiary/aromatic N) is 2. The summed E-state index contributed by atoms with van der Waals surface area (Å²) in [5.74, 6) is 0.397. The van der Waals surface area contributed by atoms with Crippen LogP contribution < -0.4 is 4.90 Å². The molecule has 1 aromatic rings. The predicted molar refractivity (Wildman–Crippen MR) is 107 cm³/mol. The number of halogens is 1. The van der Waals surface area contributed by atoms with E-state index in [2.05, 4.69) is 45.7 Å². The average molecular weight is 450 g/mol. The fourth-order valence-electron chi connectivity index (χ4n) is 5.52. The molecule has 2 aliphatic heterocycles. The maximum atomic E-state index is 12.8. The number of allylic oxidation sites excluding steroid dienone is 1. The summed E-state index contributed by atoms with van der Waals surface area (Å²) in [5.41, 5.74) is 1.50. The van der Waals surface area contributed by atoms with Crippen molar-refractivity contribution in [2.75, 3.05) is 11.4 Å². The SMILES string of the molecule is C/C=C/C(I)N1CC[C@]23CC(=O)CC[C@]12N(C(C)=O)c1ccccc13. The molecule has 1 saturated heterocycles. The Morgan fingerprint density at radius 2 is 2.08 bits per heavy atom. The van der Waals surface area contributed by atoms with E-state index in [0.29, 0.717) is 18.6 Å². The highest BCUT2D eigenvalue weighted by molar-refractivity contribution is 14.1. The van der Waals surface area contributed by atoms with E-state index in [4.69, 9.17) is 0 Å². The highest BCUT2D eigenvalue weighted by Crippen LogP contribution is 2.64. The summed E-state index contributed by atoms with van der Waals surface area (Å²) in [6.45, 7) is 4.60. The van der Waals surface area contributed by atoms with Gasteiger partial charge in [0, 0.05) is 37.4 Å². The first-order valence-corrected chi connectivity index (χ1v) is 10.2. The Kier molecular flexibility index (Phi) is 4.07. The lowest BCUT2D eigenvalue weighted by atomic mass is 9.63. The molecule has 5 heteroatoms. The Balaban J connectivity index is 1.98. The third-order valence-corrected chi connectivity index (χ3v) is 7.35. The number of likely N-dealkylation sites (tertiary alicyclic amines) is 1. The molecule has 25 heavy (non-hydrogen) atoms. The highest BCUT2D eigenvalue weighted by atomic mass is 127. The molecule has 1 unspecified atom stereocenters. The van der Waals surface area contributed by atoms with Gasteiger partial charge >= 0.3 is 0 Å². The molecule has 132 valence electrons. The van der Waals surface area contributed by atoms with Crippen LogP contribution in [0.3, 0.4) is 0 Å². The second-order valence-electron chi connectivity index (χ2n) is 7.33. The number of fused-ring (bicyclic) bond motifs is 1. The number of ketones is 1. The first-order chi connectivity index (χ1) is 12.0. The van der Waals surface area contributed by atoms with Crippen LogP contribution in [0.15, 0.2) is 36.4 Å². The maximum absolute atomic E-state index is 12.8. The number of Topliss-reactive ketones (excluding diaryl/α,β-unsaturated/α-hetero) is 1. The van der Waals surface area contributed by atoms with Gasteiger partial charge in [0.05, 0.1) is 4.05 Å². The van der Waals surface area contributed by atoms with Crippen molar-refractivity contribution in [3.63, 3.8) is 0 Å². The topological polar surface area (TPSA) is 40.6 Å². The molecule has 0 radical (unpaired) electrons. The molecular formula is C20H23IN2O2. The number of anilines is 1. The van der Waals surface area contributed by atoms with E-state index in [0.717, 1.165) is 25.1 Å². The molecule has 4 nitrogen and oxygen atoms in total. The van der Waals surface area contributed by atoms with Gasteiger partial charge < -0.3 is 0 Å². The Bertz CT molecular complexity index is 777. The minimum absolute atomic E-state index is 0.0691. The molecule has 1 aromatic carbocycles. The van der Waals surface area contributed by atoms with E-state index < -0.39 is 5.66 Å². The summed E-state index contributed by atoms with van der Waals surface area (Å²) < 4.78 is 0.203. The Morgan fingerprint density at radius 3 is 2.80 bits per heavy atom. The number of para-hydroxylation sites is 1. The number of carbonyl (C=O) groups is 2. The summed E-state index contributed by atoms with van der Waals surface area (Å²) in [7, 11) is 0. The quantitative estimate of drug-likeness (QED) is 0.298. The number of benzene rings is 1. The molecule has 0 N–H and O–H groups in total. The Hall–Kier alpha value is -1.21. The van der Waals surface area contributed by atoms with Crippen LogP contribution in [0.5, 0.6) is 0 Å². The Labute approximate surface area is 162 Å². The first-order valence-electron chi connectivity index (χ1n) is 8.93. The van der Waals surface area contributed by atoms with Crippen molar-refractivity contribution in [3.05, 3.63) is 42.0 Å². The van der Waals surface area contributed by atoms with Gasteiger partial charge in [0.15, 0.2) is 0 Å². The van der Waals surface area contributed by atoms with Crippen LogP contribution in [0.1, 0.15) is 45.1 Å². The molecule has 3 atom stereocenters. The van der Waals surface area contributed by atoms with Gasteiger partial charge in [-0.25, -0.2) is 0 Å². The van der Waals surface area contributed by atoms with E-state index in [1.54, 1.807) is 6.92 Å². The molecule has 4 rings (SSSR count). The van der Waals surface area contributed by atoms with Gasteiger partial charge in [-0.15, -0.1) is 0 Å². The third-order valence-electron chi connectivity index (χ3n) is 6.27. The third kappa shape index (κ3) is 2.08. The van der Waals surface area contributed by atoms with Crippen molar-refractivity contribution in [3.8, 4) is 0 Å². The van der Waals surface area contributed by atoms with E-state index in [9.17, 15) is 9.59 Å². The molecule has 2 heterocycles. The number of alkyl halides is 1. The summed E-state index contributed by atoms with van der Waals surface area (Å²) in [5, 5.41) is 0. The number of hydrogen-bond donors (Lipinski definition) is 0. The minimum atomic E-state index is -0.415. The van der Waals surface area contributed by atoms with Crippen molar-refractivity contribution in [1.82, 2.24) is 4.90 Å². The second kappa shape index (κ2) is 5.91. The zero-order valence-corrected chi connectivity index (χ0v) is 16.8. The maximum Gasteiger partial charge on any atom is 0.225 e. The highest BCUT2D eigenvalue weighted by Gasteiger charge is 2.70. The monoisotopic (exact) mass is 450 g/mol. The lowest BCUT2D eigenvalue weighted by Crippen LogP contribution is -2.67. The van der Waals surface area contributed by atoms with Gasteiger partial charge in [-0.05, 0) is 31.4 Å². The lowest BCUT2D eigenvalue weighted by molar-refractivity contribution is -0.128. The van der Waals surface area contributed by atoms with Crippen LogP contribution in [0, 0.1) is 0 Å². The summed E-state index contributed by atoms with van der Waals surface area (Å²) in [4.78, 5) is 29.8. The second-order valence-corrected chi connectivity index (χ2v) is 8.60. The number of rotatable bonds is 2. The van der Waals surface area contributed by atoms with Crippen molar-refractivity contribution < 1.29 is 9.59 Å². The van der Waals surface area contributed by atoms with Gasteiger partial charge in [-0.1, -0.05) is 52.9 Å². The molecule has 1 aliphatic carbocycles. The molecule has 1 amide bonds. The van der Waals surface area contributed by atoms with Crippen LogP contribution >= 0.6 is 22.6 Å². The summed E-state index contributed by atoms with van der Waals surface area (Å²) in [6.07, 6.45) is 7.00. The Morgan fingerprint density at radius 1 is 1.32 bits per heavy atom. The largest absolute Gasteiger partial charge is 0.300 e. The number of amides is 1. The van der Waals surface area contributed by atoms with E-state index in [-0.39, 0.29) is 15.4 Å². The van der Waals surface area contributed by atoms with E-state index >= 15 is 0 Å². The van der Waals surface area contributed by atoms with Gasteiger partial charge in [-0.3, -0.25) is 19.4 Å². The van der Waals surface area contributed by atoms with Gasteiger partial charge in [-0.2, -0.15) is 0 Å². The van der Waals surface area contributed by atoms with Crippen molar-refractivity contribution in [2.24, 2.45) is 0 Å². The van der Waals surface area contributed by atoms with Gasteiger partial charge in [0.2, 0.25) is 5.91 Å². The molecule has 3 aliphatic rings. The van der Waals surface area contributed by atoms with Crippen LogP contribution in [0.4, 0.5) is 5.69 Å².